The number of anilines is 1. The first-order valence-corrected chi connectivity index (χ1v) is 6.70. The number of carboxylic acid groups (broad SMARTS) is 1. The number of aromatic nitrogens is 2. The van der Waals surface area contributed by atoms with Crippen LogP contribution in [0.1, 0.15) is 6.92 Å². The van der Waals surface area contributed by atoms with E-state index in [9.17, 15) is 4.79 Å². The standard InChI is InChI=1S/C13H13Cl2N3O2/c1-7(13(19)20)6-18(2)12-5-16-10-3-8(14)9(15)4-11(10)17-12/h3-5,7H,6H2,1-2H3,(H,19,20). The molecule has 1 aromatic carbocycles. The monoisotopic (exact) mass is 313 g/mol. The summed E-state index contributed by atoms with van der Waals surface area (Å²) in [5, 5.41) is 9.76. The van der Waals surface area contributed by atoms with E-state index >= 15 is 0 Å². The Balaban J connectivity index is 2.31. The van der Waals surface area contributed by atoms with E-state index in [4.69, 9.17) is 28.3 Å². The first-order valence-electron chi connectivity index (χ1n) is 5.94. The zero-order valence-electron chi connectivity index (χ0n) is 11.0. The molecule has 0 aliphatic carbocycles. The summed E-state index contributed by atoms with van der Waals surface area (Å²) >= 11 is 11.9. The Morgan fingerprint density at radius 1 is 1.35 bits per heavy atom. The molecule has 0 fully saturated rings. The Kier molecular flexibility index (Phi) is 4.30. The molecular formula is C13H13Cl2N3O2. The van der Waals surface area contributed by atoms with Crippen LogP contribution in [0.3, 0.4) is 0 Å². The number of hydrogen-bond acceptors (Lipinski definition) is 4. The average Bonchev–Trinajstić information content (AvgIpc) is 2.39. The van der Waals surface area contributed by atoms with Crippen molar-refractivity contribution in [2.24, 2.45) is 5.92 Å². The van der Waals surface area contributed by atoms with Crippen molar-refractivity contribution in [3.8, 4) is 0 Å². The van der Waals surface area contributed by atoms with Crippen LogP contribution in [0.25, 0.3) is 11.0 Å². The van der Waals surface area contributed by atoms with Gasteiger partial charge in [0.05, 0.1) is 33.2 Å². The molecule has 1 unspecified atom stereocenters. The Morgan fingerprint density at radius 2 is 1.95 bits per heavy atom. The first kappa shape index (κ1) is 14.8. The van der Waals surface area contributed by atoms with Crippen LogP contribution in [-0.2, 0) is 4.79 Å². The van der Waals surface area contributed by atoms with Crippen molar-refractivity contribution in [1.82, 2.24) is 9.97 Å². The van der Waals surface area contributed by atoms with Crippen molar-refractivity contribution in [2.75, 3.05) is 18.5 Å². The summed E-state index contributed by atoms with van der Waals surface area (Å²) in [7, 11) is 1.77. The summed E-state index contributed by atoms with van der Waals surface area (Å²) in [6, 6.07) is 3.29. The van der Waals surface area contributed by atoms with Crippen molar-refractivity contribution in [3.63, 3.8) is 0 Å². The Hall–Kier alpha value is -1.59. The van der Waals surface area contributed by atoms with E-state index in [1.54, 1.807) is 37.2 Å². The van der Waals surface area contributed by atoms with E-state index in [0.717, 1.165) is 0 Å². The van der Waals surface area contributed by atoms with E-state index in [1.165, 1.54) is 0 Å². The number of halogens is 2. The fourth-order valence-corrected chi connectivity index (χ4v) is 2.08. The molecule has 0 aliphatic heterocycles. The number of fused-ring (bicyclic) bond motifs is 1. The van der Waals surface area contributed by atoms with Gasteiger partial charge < -0.3 is 10.0 Å². The van der Waals surface area contributed by atoms with Crippen LogP contribution in [0.5, 0.6) is 0 Å². The highest BCUT2D eigenvalue weighted by molar-refractivity contribution is 6.42. The van der Waals surface area contributed by atoms with Crippen LogP contribution in [0.15, 0.2) is 18.3 Å². The lowest BCUT2D eigenvalue weighted by molar-refractivity contribution is -0.140. The molecule has 1 N–H and O–H groups in total. The quantitative estimate of drug-likeness (QED) is 0.939. The van der Waals surface area contributed by atoms with Gasteiger partial charge in [0.25, 0.3) is 0 Å². The summed E-state index contributed by atoms with van der Waals surface area (Å²) in [4.78, 5) is 21.3. The highest BCUT2D eigenvalue weighted by Gasteiger charge is 2.15. The van der Waals surface area contributed by atoms with Gasteiger partial charge in [0.1, 0.15) is 5.82 Å². The maximum absolute atomic E-state index is 10.9. The number of carbonyl (C=O) groups is 1. The number of rotatable bonds is 4. The first-order chi connectivity index (χ1) is 9.38. The van der Waals surface area contributed by atoms with Crippen LogP contribution < -0.4 is 4.90 Å². The molecule has 2 rings (SSSR count). The molecule has 1 heterocycles. The largest absolute Gasteiger partial charge is 0.481 e. The zero-order chi connectivity index (χ0) is 14.9. The van der Waals surface area contributed by atoms with Crippen molar-refractivity contribution in [3.05, 3.63) is 28.4 Å². The van der Waals surface area contributed by atoms with Crippen LogP contribution in [-0.4, -0.2) is 34.6 Å². The number of aliphatic carboxylic acids is 1. The second-order valence-corrected chi connectivity index (χ2v) is 5.42. The lowest BCUT2D eigenvalue weighted by atomic mass is 10.2. The molecule has 0 amide bonds. The third-order valence-electron chi connectivity index (χ3n) is 2.93. The third kappa shape index (κ3) is 3.11. The molecule has 20 heavy (non-hydrogen) atoms. The van der Waals surface area contributed by atoms with Crippen molar-refractivity contribution >= 4 is 46.0 Å². The molecule has 0 radical (unpaired) electrons. The second-order valence-electron chi connectivity index (χ2n) is 4.60. The third-order valence-corrected chi connectivity index (χ3v) is 3.65. The predicted molar refractivity (Wildman–Crippen MR) is 79.6 cm³/mol. The van der Waals surface area contributed by atoms with E-state index in [1.807, 2.05) is 0 Å². The van der Waals surface area contributed by atoms with Crippen LogP contribution >= 0.6 is 23.2 Å². The van der Waals surface area contributed by atoms with Gasteiger partial charge in [-0.3, -0.25) is 9.78 Å². The van der Waals surface area contributed by atoms with Gasteiger partial charge in [0, 0.05) is 13.6 Å². The SMILES string of the molecule is CC(CN(C)c1cnc2cc(Cl)c(Cl)cc2n1)C(=O)O. The fourth-order valence-electron chi connectivity index (χ4n) is 1.76. The molecule has 0 spiro atoms. The van der Waals surface area contributed by atoms with Gasteiger partial charge in [-0.25, -0.2) is 4.98 Å². The molecule has 0 saturated heterocycles. The van der Waals surface area contributed by atoms with Gasteiger partial charge in [-0.15, -0.1) is 0 Å². The zero-order valence-corrected chi connectivity index (χ0v) is 12.5. The number of carboxylic acids is 1. The second kappa shape index (κ2) is 5.81. The van der Waals surface area contributed by atoms with Gasteiger partial charge in [-0.1, -0.05) is 30.1 Å². The maximum atomic E-state index is 10.9. The Morgan fingerprint density at radius 3 is 2.55 bits per heavy atom. The minimum Gasteiger partial charge on any atom is -0.481 e. The highest BCUT2D eigenvalue weighted by Crippen LogP contribution is 2.26. The van der Waals surface area contributed by atoms with E-state index < -0.39 is 11.9 Å². The maximum Gasteiger partial charge on any atom is 0.308 e. The van der Waals surface area contributed by atoms with E-state index in [-0.39, 0.29) is 0 Å². The van der Waals surface area contributed by atoms with Gasteiger partial charge in [-0.2, -0.15) is 0 Å². The number of benzene rings is 1. The molecule has 7 heteroatoms. The van der Waals surface area contributed by atoms with E-state index in [0.29, 0.717) is 33.4 Å². The van der Waals surface area contributed by atoms with Gasteiger partial charge in [-0.05, 0) is 12.1 Å². The average molecular weight is 314 g/mol. The number of hydrogen-bond donors (Lipinski definition) is 1. The molecule has 5 nitrogen and oxygen atoms in total. The minimum absolute atomic E-state index is 0.344. The van der Waals surface area contributed by atoms with Crippen LogP contribution in [0.4, 0.5) is 5.82 Å². The molecule has 1 aromatic heterocycles. The van der Waals surface area contributed by atoms with Gasteiger partial charge >= 0.3 is 5.97 Å². The lowest BCUT2D eigenvalue weighted by Gasteiger charge is -2.20. The number of nitrogens with zero attached hydrogens (tertiary/aromatic N) is 3. The van der Waals surface area contributed by atoms with E-state index in [2.05, 4.69) is 9.97 Å². The molecule has 0 bridgehead atoms. The van der Waals surface area contributed by atoms with Crippen molar-refractivity contribution < 1.29 is 9.90 Å². The van der Waals surface area contributed by atoms with Gasteiger partial charge in [0.2, 0.25) is 0 Å². The summed E-state index contributed by atoms with van der Waals surface area (Å²) in [5.41, 5.74) is 1.26. The summed E-state index contributed by atoms with van der Waals surface area (Å²) < 4.78 is 0. The topological polar surface area (TPSA) is 66.3 Å². The molecule has 1 atom stereocenters. The Labute approximate surface area is 126 Å². The normalized spacial score (nSPS) is 12.4. The van der Waals surface area contributed by atoms with Crippen molar-refractivity contribution in [2.45, 2.75) is 6.92 Å². The molecule has 106 valence electrons. The van der Waals surface area contributed by atoms with Crippen LogP contribution in [0.2, 0.25) is 10.0 Å². The summed E-state index contributed by atoms with van der Waals surface area (Å²) in [6.45, 7) is 1.99. The van der Waals surface area contributed by atoms with Crippen molar-refractivity contribution in [1.29, 1.82) is 0 Å². The van der Waals surface area contributed by atoms with Gasteiger partial charge in [0.15, 0.2) is 0 Å². The molecule has 0 saturated carbocycles. The lowest BCUT2D eigenvalue weighted by Crippen LogP contribution is -2.29. The molecular weight excluding hydrogens is 301 g/mol. The smallest absolute Gasteiger partial charge is 0.308 e. The fraction of sp³-hybridized carbons (Fsp3) is 0.308. The predicted octanol–water partition coefficient (Wildman–Crippen LogP) is 3.09. The summed E-state index contributed by atoms with van der Waals surface area (Å²) in [6.07, 6.45) is 1.58. The highest BCUT2D eigenvalue weighted by atomic mass is 35.5. The van der Waals surface area contributed by atoms with Crippen LogP contribution in [0, 0.1) is 5.92 Å². The molecule has 2 aromatic rings. The Bertz CT molecular complexity index is 663. The summed E-state index contributed by atoms with van der Waals surface area (Å²) in [5.74, 6) is -0.754. The molecule has 0 aliphatic rings. The minimum atomic E-state index is -0.847.